The lowest BCUT2D eigenvalue weighted by molar-refractivity contribution is 0.136. The highest BCUT2D eigenvalue weighted by Crippen LogP contribution is 2.39. The summed E-state index contributed by atoms with van der Waals surface area (Å²) in [6.45, 7) is 4.55. The van der Waals surface area contributed by atoms with Gasteiger partial charge < -0.3 is 10.5 Å². The maximum Gasteiger partial charge on any atom is 0.0479 e. The molecule has 1 saturated heterocycles. The van der Waals surface area contributed by atoms with Crippen molar-refractivity contribution in [1.29, 1.82) is 0 Å². The van der Waals surface area contributed by atoms with Crippen LogP contribution in [0, 0.1) is 0 Å². The molecule has 0 amide bonds. The van der Waals surface area contributed by atoms with Gasteiger partial charge in [-0.15, -0.1) is 0 Å². The first-order valence-corrected chi connectivity index (χ1v) is 5.73. The van der Waals surface area contributed by atoms with Crippen LogP contribution in [0.5, 0.6) is 0 Å². The molecule has 1 aliphatic heterocycles. The van der Waals surface area contributed by atoms with E-state index >= 15 is 0 Å². The van der Waals surface area contributed by atoms with Gasteiger partial charge in [-0.2, -0.15) is 11.8 Å². The average Bonchev–Trinajstić information content (AvgIpc) is 2.55. The van der Waals surface area contributed by atoms with Crippen LogP contribution in [0.4, 0.5) is 0 Å². The van der Waals surface area contributed by atoms with Gasteiger partial charge in [-0.1, -0.05) is 0 Å². The Morgan fingerprint density at radius 2 is 2.42 bits per heavy atom. The van der Waals surface area contributed by atoms with Gasteiger partial charge in [0.2, 0.25) is 0 Å². The SMILES string of the molecule is CCOCCC1(CN)CCCS1. The van der Waals surface area contributed by atoms with Crippen LogP contribution in [0.25, 0.3) is 0 Å². The standard InChI is InChI=1S/C9H19NOS/c1-2-11-6-5-9(8-10)4-3-7-12-9/h2-8,10H2,1H3. The van der Waals surface area contributed by atoms with Crippen molar-refractivity contribution in [2.45, 2.75) is 30.9 Å². The Balaban J connectivity index is 2.24. The third-order valence-electron chi connectivity index (χ3n) is 2.46. The van der Waals surface area contributed by atoms with Crippen molar-refractivity contribution >= 4 is 11.8 Å². The van der Waals surface area contributed by atoms with Crippen molar-refractivity contribution in [2.75, 3.05) is 25.5 Å². The van der Waals surface area contributed by atoms with Crippen LogP contribution in [0.1, 0.15) is 26.2 Å². The summed E-state index contributed by atoms with van der Waals surface area (Å²) in [5.74, 6) is 1.28. The average molecular weight is 189 g/mol. The Morgan fingerprint density at radius 1 is 1.58 bits per heavy atom. The first-order valence-electron chi connectivity index (χ1n) is 4.75. The summed E-state index contributed by atoms with van der Waals surface area (Å²) < 4.78 is 5.71. The van der Waals surface area contributed by atoms with Gasteiger partial charge in [-0.05, 0) is 31.9 Å². The lowest BCUT2D eigenvalue weighted by atomic mass is 10.00. The number of hydrogen-bond acceptors (Lipinski definition) is 3. The Labute approximate surface area is 79.2 Å². The van der Waals surface area contributed by atoms with Crippen molar-refractivity contribution in [3.05, 3.63) is 0 Å². The lowest BCUT2D eigenvalue weighted by Gasteiger charge is -2.25. The zero-order valence-corrected chi connectivity index (χ0v) is 8.66. The van der Waals surface area contributed by atoms with Crippen molar-refractivity contribution < 1.29 is 4.74 Å². The molecule has 0 bridgehead atoms. The van der Waals surface area contributed by atoms with E-state index in [1.54, 1.807) is 0 Å². The molecule has 0 aromatic rings. The van der Waals surface area contributed by atoms with Crippen LogP contribution < -0.4 is 5.73 Å². The Bertz CT molecular complexity index is 124. The van der Waals surface area contributed by atoms with E-state index in [1.165, 1.54) is 18.6 Å². The van der Waals surface area contributed by atoms with Gasteiger partial charge in [0.15, 0.2) is 0 Å². The van der Waals surface area contributed by atoms with E-state index in [0.717, 1.165) is 26.2 Å². The molecule has 0 radical (unpaired) electrons. The fraction of sp³-hybridized carbons (Fsp3) is 1.00. The molecule has 0 aliphatic carbocycles. The predicted octanol–water partition coefficient (Wildman–Crippen LogP) is 1.64. The summed E-state index contributed by atoms with van der Waals surface area (Å²) >= 11 is 2.04. The van der Waals surface area contributed by atoms with Crippen molar-refractivity contribution in [2.24, 2.45) is 5.73 Å². The van der Waals surface area contributed by atoms with Gasteiger partial charge in [-0.3, -0.25) is 0 Å². The maximum absolute atomic E-state index is 5.77. The molecular weight excluding hydrogens is 170 g/mol. The van der Waals surface area contributed by atoms with Crippen LogP contribution in [0.3, 0.4) is 0 Å². The molecule has 2 nitrogen and oxygen atoms in total. The quantitative estimate of drug-likeness (QED) is 0.668. The molecule has 12 heavy (non-hydrogen) atoms. The summed E-state index contributed by atoms with van der Waals surface area (Å²) in [4.78, 5) is 0. The molecule has 1 atom stereocenters. The summed E-state index contributed by atoms with van der Waals surface area (Å²) in [5, 5.41) is 0. The largest absolute Gasteiger partial charge is 0.382 e. The zero-order chi connectivity index (χ0) is 8.86. The number of ether oxygens (including phenoxy) is 1. The van der Waals surface area contributed by atoms with E-state index in [9.17, 15) is 0 Å². The number of rotatable bonds is 5. The van der Waals surface area contributed by atoms with Crippen LogP contribution >= 0.6 is 11.8 Å². The second-order valence-corrected chi connectivity index (χ2v) is 4.85. The molecule has 2 N–H and O–H groups in total. The van der Waals surface area contributed by atoms with Gasteiger partial charge in [0, 0.05) is 24.5 Å². The summed E-state index contributed by atoms with van der Waals surface area (Å²) in [6, 6.07) is 0. The van der Waals surface area contributed by atoms with Crippen LogP contribution in [-0.4, -0.2) is 30.3 Å². The normalized spacial score (nSPS) is 29.5. The second-order valence-electron chi connectivity index (χ2n) is 3.29. The van der Waals surface area contributed by atoms with Gasteiger partial charge in [0.05, 0.1) is 0 Å². The summed E-state index contributed by atoms with van der Waals surface area (Å²) in [7, 11) is 0. The molecule has 0 aromatic carbocycles. The third kappa shape index (κ3) is 2.64. The summed E-state index contributed by atoms with van der Waals surface area (Å²) in [6.07, 6.45) is 3.73. The highest BCUT2D eigenvalue weighted by Gasteiger charge is 2.32. The highest BCUT2D eigenvalue weighted by molar-refractivity contribution is 8.00. The molecule has 0 aromatic heterocycles. The van der Waals surface area contributed by atoms with Crippen molar-refractivity contribution in [1.82, 2.24) is 0 Å². The molecule has 1 rings (SSSR count). The molecule has 0 saturated carbocycles. The second kappa shape index (κ2) is 5.10. The Hall–Kier alpha value is 0.270. The topological polar surface area (TPSA) is 35.2 Å². The fourth-order valence-electron chi connectivity index (χ4n) is 1.62. The van der Waals surface area contributed by atoms with Gasteiger partial charge in [-0.25, -0.2) is 0 Å². The first-order chi connectivity index (χ1) is 5.83. The molecule has 1 fully saturated rings. The van der Waals surface area contributed by atoms with E-state index in [0.29, 0.717) is 4.75 Å². The first kappa shape index (κ1) is 10.4. The molecule has 0 spiro atoms. The van der Waals surface area contributed by atoms with E-state index in [2.05, 4.69) is 0 Å². The molecular formula is C9H19NOS. The van der Waals surface area contributed by atoms with Crippen molar-refractivity contribution in [3.8, 4) is 0 Å². The molecule has 1 aliphatic rings. The van der Waals surface area contributed by atoms with Crippen molar-refractivity contribution in [3.63, 3.8) is 0 Å². The lowest BCUT2D eigenvalue weighted by Crippen LogP contribution is -2.33. The third-order valence-corrected chi connectivity index (χ3v) is 4.14. The smallest absolute Gasteiger partial charge is 0.0479 e. The van der Waals surface area contributed by atoms with Crippen LogP contribution in [-0.2, 0) is 4.74 Å². The minimum absolute atomic E-state index is 0.356. The van der Waals surface area contributed by atoms with Crippen LogP contribution in [0.15, 0.2) is 0 Å². The predicted molar refractivity (Wildman–Crippen MR) is 54.6 cm³/mol. The minimum atomic E-state index is 0.356. The molecule has 3 heteroatoms. The molecule has 72 valence electrons. The van der Waals surface area contributed by atoms with Gasteiger partial charge >= 0.3 is 0 Å². The van der Waals surface area contributed by atoms with Gasteiger partial charge in [0.25, 0.3) is 0 Å². The monoisotopic (exact) mass is 189 g/mol. The summed E-state index contributed by atoms with van der Waals surface area (Å²) in [5.41, 5.74) is 5.77. The van der Waals surface area contributed by atoms with E-state index in [-0.39, 0.29) is 0 Å². The number of nitrogens with two attached hydrogens (primary N) is 1. The highest BCUT2D eigenvalue weighted by atomic mass is 32.2. The zero-order valence-electron chi connectivity index (χ0n) is 7.84. The van der Waals surface area contributed by atoms with E-state index < -0.39 is 0 Å². The van der Waals surface area contributed by atoms with Gasteiger partial charge in [0.1, 0.15) is 0 Å². The number of hydrogen-bond donors (Lipinski definition) is 1. The van der Waals surface area contributed by atoms with Crippen LogP contribution in [0.2, 0.25) is 0 Å². The fourth-order valence-corrected chi connectivity index (χ4v) is 2.97. The Morgan fingerprint density at radius 3 is 2.92 bits per heavy atom. The molecule has 1 unspecified atom stereocenters. The minimum Gasteiger partial charge on any atom is -0.382 e. The molecule has 1 heterocycles. The van der Waals surface area contributed by atoms with E-state index in [1.807, 2.05) is 18.7 Å². The maximum atomic E-state index is 5.77. The van der Waals surface area contributed by atoms with E-state index in [4.69, 9.17) is 10.5 Å². The number of thioether (sulfide) groups is 1. The Kier molecular flexibility index (Phi) is 4.40.